The third-order valence-electron chi connectivity index (χ3n) is 3.55. The van der Waals surface area contributed by atoms with Crippen LogP contribution in [0.5, 0.6) is 0 Å². The number of alkyl halides is 6. The van der Waals surface area contributed by atoms with Crippen molar-refractivity contribution in [1.82, 2.24) is 9.97 Å². The van der Waals surface area contributed by atoms with Gasteiger partial charge in [-0.05, 0) is 52.3 Å². The van der Waals surface area contributed by atoms with Crippen molar-refractivity contribution >= 4 is 38.3 Å². The number of nitrogens with zero attached hydrogens (tertiary/aromatic N) is 2. The van der Waals surface area contributed by atoms with Crippen LogP contribution in [0.4, 0.5) is 31.5 Å². The van der Waals surface area contributed by atoms with Crippen molar-refractivity contribution in [2.75, 3.05) is 5.32 Å². The van der Waals surface area contributed by atoms with Gasteiger partial charge in [0.2, 0.25) is 0 Å². The lowest BCUT2D eigenvalue weighted by atomic mass is 10.1. The Morgan fingerprint density at radius 3 is 2.14 bits per heavy atom. The minimum Gasteiger partial charge on any atom is -0.298 e. The van der Waals surface area contributed by atoms with Crippen LogP contribution < -0.4 is 5.32 Å². The molecule has 1 amide bonds. The lowest BCUT2D eigenvalue weighted by Gasteiger charge is -2.07. The summed E-state index contributed by atoms with van der Waals surface area (Å²) in [5.74, 6) is -0.892. The maximum atomic E-state index is 13.4. The number of thiazole rings is 1. The topological polar surface area (TPSA) is 54.9 Å². The molecule has 0 unspecified atom stereocenters. The first kappa shape index (κ1) is 21.2. The number of halogens is 7. The third-order valence-corrected chi connectivity index (χ3v) is 5.03. The summed E-state index contributed by atoms with van der Waals surface area (Å²) in [6.07, 6.45) is -8.01. The smallest absolute Gasteiger partial charge is 0.298 e. The van der Waals surface area contributed by atoms with Crippen molar-refractivity contribution < 1.29 is 31.1 Å². The van der Waals surface area contributed by atoms with E-state index in [1.54, 1.807) is 0 Å². The molecule has 0 fully saturated rings. The van der Waals surface area contributed by atoms with Gasteiger partial charge in [0, 0.05) is 16.2 Å². The predicted octanol–water partition coefficient (Wildman–Crippen LogP) is 6.26. The molecule has 1 aromatic carbocycles. The first-order chi connectivity index (χ1) is 13.4. The molecule has 2 aromatic heterocycles. The van der Waals surface area contributed by atoms with Gasteiger partial charge in [-0.25, -0.2) is 4.98 Å². The highest BCUT2D eigenvalue weighted by molar-refractivity contribution is 9.10. The maximum absolute atomic E-state index is 13.4. The molecule has 0 saturated carbocycles. The van der Waals surface area contributed by atoms with Crippen molar-refractivity contribution in [3.05, 3.63) is 63.1 Å². The molecule has 152 valence electrons. The number of hydrogen-bond acceptors (Lipinski definition) is 4. The SMILES string of the molecule is O=C(Nc1nc(-c2ccc(Br)cn2)c(C(F)(F)F)s1)c1ccc(C(F)(F)F)cc1. The molecule has 0 spiro atoms. The molecule has 1 N–H and O–H groups in total. The number of benzene rings is 1. The van der Waals surface area contributed by atoms with Gasteiger partial charge in [0.25, 0.3) is 5.91 Å². The zero-order valence-electron chi connectivity index (χ0n) is 13.9. The van der Waals surface area contributed by atoms with E-state index in [4.69, 9.17) is 0 Å². The van der Waals surface area contributed by atoms with Gasteiger partial charge in [0.15, 0.2) is 5.13 Å². The Balaban J connectivity index is 1.89. The van der Waals surface area contributed by atoms with Crippen LogP contribution in [0.15, 0.2) is 47.1 Å². The number of nitrogens with one attached hydrogen (secondary N) is 1. The average molecular weight is 496 g/mol. The molecule has 0 aliphatic rings. The Labute approximate surface area is 171 Å². The quantitative estimate of drug-likeness (QED) is 0.436. The summed E-state index contributed by atoms with van der Waals surface area (Å²) < 4.78 is 78.4. The Kier molecular flexibility index (Phi) is 5.68. The van der Waals surface area contributed by atoms with Gasteiger partial charge in [-0.15, -0.1) is 0 Å². The van der Waals surface area contributed by atoms with E-state index < -0.39 is 34.4 Å². The van der Waals surface area contributed by atoms with E-state index in [1.807, 2.05) is 0 Å². The van der Waals surface area contributed by atoms with Crippen LogP contribution in [0.1, 0.15) is 20.8 Å². The summed E-state index contributed by atoms with van der Waals surface area (Å²) in [4.78, 5) is 18.8. The van der Waals surface area contributed by atoms with Crippen molar-refractivity contribution in [2.45, 2.75) is 12.4 Å². The highest BCUT2D eigenvalue weighted by Crippen LogP contribution is 2.42. The van der Waals surface area contributed by atoms with Crippen LogP contribution in [0.3, 0.4) is 0 Å². The molecule has 0 bridgehead atoms. The average Bonchev–Trinajstić information content (AvgIpc) is 3.06. The van der Waals surface area contributed by atoms with E-state index in [0.29, 0.717) is 16.6 Å². The summed E-state index contributed by atoms with van der Waals surface area (Å²) in [5, 5.41) is 1.82. The Morgan fingerprint density at radius 2 is 1.62 bits per heavy atom. The van der Waals surface area contributed by atoms with Gasteiger partial charge >= 0.3 is 12.4 Å². The van der Waals surface area contributed by atoms with E-state index in [9.17, 15) is 31.1 Å². The minimum atomic E-state index is -4.74. The lowest BCUT2D eigenvalue weighted by molar-refractivity contribution is -0.137. The van der Waals surface area contributed by atoms with E-state index in [0.717, 1.165) is 12.1 Å². The zero-order chi connectivity index (χ0) is 21.4. The molecule has 12 heteroatoms. The minimum absolute atomic E-state index is 0.0493. The number of pyridine rings is 1. The summed E-state index contributed by atoms with van der Waals surface area (Å²) >= 11 is 3.32. The second-order valence-corrected chi connectivity index (χ2v) is 7.50. The largest absolute Gasteiger partial charge is 0.427 e. The molecule has 3 aromatic rings. The fraction of sp³-hybridized carbons (Fsp3) is 0.118. The molecular weight excluding hydrogens is 488 g/mol. The molecule has 29 heavy (non-hydrogen) atoms. The number of aromatic nitrogens is 2. The fourth-order valence-corrected chi connectivity index (χ4v) is 3.31. The number of carbonyl (C=O) groups is 1. The van der Waals surface area contributed by atoms with Gasteiger partial charge < -0.3 is 0 Å². The van der Waals surface area contributed by atoms with Crippen molar-refractivity contribution in [1.29, 1.82) is 0 Å². The van der Waals surface area contributed by atoms with Crippen molar-refractivity contribution in [3.63, 3.8) is 0 Å². The molecule has 0 aliphatic carbocycles. The van der Waals surface area contributed by atoms with Crippen LogP contribution in [0, 0.1) is 0 Å². The van der Waals surface area contributed by atoms with Crippen LogP contribution in [0.2, 0.25) is 0 Å². The van der Waals surface area contributed by atoms with Crippen LogP contribution in [-0.2, 0) is 12.4 Å². The first-order valence-corrected chi connectivity index (χ1v) is 9.24. The molecule has 0 aliphatic heterocycles. The molecular formula is C17H8BrF6N3OS. The van der Waals surface area contributed by atoms with Crippen LogP contribution in [0.25, 0.3) is 11.4 Å². The zero-order valence-corrected chi connectivity index (χ0v) is 16.3. The Morgan fingerprint density at radius 1 is 0.966 bits per heavy atom. The highest BCUT2D eigenvalue weighted by atomic mass is 79.9. The fourth-order valence-electron chi connectivity index (χ4n) is 2.24. The highest BCUT2D eigenvalue weighted by Gasteiger charge is 2.38. The number of hydrogen-bond donors (Lipinski definition) is 1. The number of rotatable bonds is 3. The summed E-state index contributed by atoms with van der Waals surface area (Å²) in [6.45, 7) is 0. The van der Waals surface area contributed by atoms with E-state index in [1.165, 1.54) is 18.3 Å². The van der Waals surface area contributed by atoms with Gasteiger partial charge in [0.1, 0.15) is 10.6 Å². The van der Waals surface area contributed by atoms with E-state index in [-0.39, 0.29) is 27.7 Å². The Bertz CT molecular complexity index is 1030. The normalized spacial score (nSPS) is 12.1. The molecule has 0 radical (unpaired) electrons. The number of amides is 1. The number of carbonyl (C=O) groups excluding carboxylic acids is 1. The predicted molar refractivity (Wildman–Crippen MR) is 97.4 cm³/mol. The van der Waals surface area contributed by atoms with Crippen molar-refractivity contribution in [3.8, 4) is 11.4 Å². The monoisotopic (exact) mass is 495 g/mol. The molecule has 0 atom stereocenters. The second kappa shape index (κ2) is 7.75. The van der Waals surface area contributed by atoms with Gasteiger partial charge in [-0.3, -0.25) is 15.1 Å². The molecule has 3 rings (SSSR count). The Hall–Kier alpha value is -2.47. The number of anilines is 1. The standard InChI is InChI=1S/C17H8BrF6N3OS/c18-10-5-6-11(25-7-10)12-13(17(22,23)24)29-15(26-12)27-14(28)8-1-3-9(4-2-8)16(19,20)21/h1-7H,(H,26,27,28). The maximum Gasteiger partial charge on any atom is 0.427 e. The summed E-state index contributed by atoms with van der Waals surface area (Å²) in [5.41, 5.74) is -1.62. The van der Waals surface area contributed by atoms with Crippen LogP contribution >= 0.6 is 27.3 Å². The van der Waals surface area contributed by atoms with E-state index in [2.05, 4.69) is 31.2 Å². The lowest BCUT2D eigenvalue weighted by Crippen LogP contribution is -2.12. The second-order valence-electron chi connectivity index (χ2n) is 5.59. The van der Waals surface area contributed by atoms with Crippen molar-refractivity contribution in [2.24, 2.45) is 0 Å². The summed E-state index contributed by atoms with van der Waals surface area (Å²) in [7, 11) is 0. The van der Waals surface area contributed by atoms with E-state index >= 15 is 0 Å². The summed E-state index contributed by atoms with van der Waals surface area (Å²) in [6, 6.07) is 6.07. The molecule has 0 saturated heterocycles. The first-order valence-electron chi connectivity index (χ1n) is 7.63. The van der Waals surface area contributed by atoms with Gasteiger partial charge in [-0.2, -0.15) is 26.3 Å². The van der Waals surface area contributed by atoms with Gasteiger partial charge in [-0.1, -0.05) is 11.3 Å². The third kappa shape index (κ3) is 4.93. The van der Waals surface area contributed by atoms with Gasteiger partial charge in [0.05, 0.1) is 11.3 Å². The molecule has 2 heterocycles. The molecule has 4 nitrogen and oxygen atoms in total. The van der Waals surface area contributed by atoms with Crippen LogP contribution in [-0.4, -0.2) is 15.9 Å².